The number of guanidine groups is 1. The molecule has 4 aromatic rings. The lowest BCUT2D eigenvalue weighted by Gasteiger charge is -2.24. The third-order valence-electron chi connectivity index (χ3n) is 6.68. The lowest BCUT2D eigenvalue weighted by atomic mass is 10.0. The Kier molecular flexibility index (Phi) is 12.4. The fraction of sp³-hybridized carbons (Fsp3) is 0.171. The van der Waals surface area contributed by atoms with E-state index in [1.54, 1.807) is 72.8 Å². The summed E-state index contributed by atoms with van der Waals surface area (Å²) in [6, 6.07) is 32.2. The Morgan fingerprint density at radius 2 is 1.19 bits per heavy atom. The maximum absolute atomic E-state index is 13.4. The molecule has 0 fully saturated rings. The first-order valence-electron chi connectivity index (χ1n) is 14.5. The molecule has 0 aromatic heterocycles. The number of nitrogens with one attached hydrogen (secondary N) is 3. The van der Waals surface area contributed by atoms with Crippen LogP contribution < -0.4 is 15.5 Å². The summed E-state index contributed by atoms with van der Waals surface area (Å²) in [5, 5.41) is 13.6. The molecule has 0 heterocycles. The summed E-state index contributed by atoms with van der Waals surface area (Å²) in [7, 11) is 1.22. The molecule has 1 unspecified atom stereocenters. The maximum Gasteiger partial charge on any atom is 0.421 e. The Balaban J connectivity index is 1.54. The molecule has 1 atom stereocenters. The van der Waals surface area contributed by atoms with Crippen molar-refractivity contribution in [2.24, 2.45) is 0 Å². The number of carbonyl (C=O) groups is 4. The second-order valence-electron chi connectivity index (χ2n) is 10.0. The van der Waals surface area contributed by atoms with Crippen LogP contribution in [0.25, 0.3) is 0 Å². The zero-order chi connectivity index (χ0) is 33.4. The van der Waals surface area contributed by atoms with Crippen molar-refractivity contribution in [3.05, 3.63) is 138 Å². The van der Waals surface area contributed by atoms with Crippen LogP contribution in [0, 0.1) is 5.41 Å². The molecule has 47 heavy (non-hydrogen) atoms. The van der Waals surface area contributed by atoms with Crippen LogP contribution in [-0.4, -0.2) is 37.3 Å². The average Bonchev–Trinajstić information content (AvgIpc) is 3.10. The number of hydrogen-bond donors (Lipinski definition) is 3. The molecular formula is C35H34N4O8. The van der Waals surface area contributed by atoms with Gasteiger partial charge in [0, 0.05) is 0 Å². The molecule has 0 bridgehead atoms. The van der Waals surface area contributed by atoms with Gasteiger partial charge in [-0.15, -0.1) is 0 Å². The van der Waals surface area contributed by atoms with E-state index in [0.29, 0.717) is 11.1 Å². The molecule has 12 nitrogen and oxygen atoms in total. The van der Waals surface area contributed by atoms with E-state index in [1.807, 2.05) is 30.3 Å². The summed E-state index contributed by atoms with van der Waals surface area (Å²) in [6.45, 7) is -0.168. The van der Waals surface area contributed by atoms with E-state index in [-0.39, 0.29) is 31.9 Å². The highest BCUT2D eigenvalue weighted by Gasteiger charge is 2.27. The Morgan fingerprint density at radius 3 is 1.72 bits per heavy atom. The van der Waals surface area contributed by atoms with E-state index in [9.17, 15) is 19.2 Å². The van der Waals surface area contributed by atoms with Gasteiger partial charge in [-0.05, 0) is 34.4 Å². The van der Waals surface area contributed by atoms with Gasteiger partial charge in [-0.2, -0.15) is 0 Å². The van der Waals surface area contributed by atoms with Crippen LogP contribution in [-0.2, 0) is 43.6 Å². The molecule has 4 aromatic carbocycles. The van der Waals surface area contributed by atoms with Gasteiger partial charge in [0.25, 0.3) is 0 Å². The van der Waals surface area contributed by atoms with Crippen molar-refractivity contribution >= 4 is 35.9 Å². The Morgan fingerprint density at radius 1 is 0.681 bits per heavy atom. The molecular weight excluding hydrogens is 604 g/mol. The van der Waals surface area contributed by atoms with Crippen molar-refractivity contribution in [1.82, 2.24) is 10.6 Å². The van der Waals surface area contributed by atoms with Gasteiger partial charge in [-0.1, -0.05) is 103 Å². The van der Waals surface area contributed by atoms with E-state index in [0.717, 1.165) is 16.0 Å². The molecule has 0 aliphatic rings. The number of benzene rings is 4. The minimum atomic E-state index is -0.973. The molecule has 0 saturated carbocycles. The van der Waals surface area contributed by atoms with Crippen molar-refractivity contribution in [3.63, 3.8) is 0 Å². The Hall–Kier alpha value is -6.17. The summed E-state index contributed by atoms with van der Waals surface area (Å²) in [4.78, 5) is 51.9. The van der Waals surface area contributed by atoms with Crippen LogP contribution in [0.4, 0.5) is 20.1 Å². The summed E-state index contributed by atoms with van der Waals surface area (Å²) in [5.41, 5.74) is 2.68. The number of alkyl carbamates (subject to hydrolysis) is 2. The molecule has 0 aliphatic carbocycles. The first-order chi connectivity index (χ1) is 22.8. The molecule has 0 radical (unpaired) electrons. The smallest absolute Gasteiger partial charge is 0.421 e. The quantitative estimate of drug-likeness (QED) is 0.0756. The number of nitrogens with zero attached hydrogens (tertiary/aromatic N) is 1. The molecule has 4 rings (SSSR count). The highest BCUT2D eigenvalue weighted by Crippen LogP contribution is 2.25. The van der Waals surface area contributed by atoms with E-state index in [4.69, 9.17) is 24.4 Å². The van der Waals surface area contributed by atoms with Gasteiger partial charge in [0.05, 0.1) is 25.3 Å². The van der Waals surface area contributed by atoms with Gasteiger partial charge in [-0.3, -0.25) is 15.5 Å². The van der Waals surface area contributed by atoms with Crippen LogP contribution in [0.5, 0.6) is 0 Å². The van der Waals surface area contributed by atoms with E-state index in [2.05, 4.69) is 10.6 Å². The third-order valence-corrected chi connectivity index (χ3v) is 6.68. The third kappa shape index (κ3) is 10.7. The number of rotatable bonds is 11. The standard InChI is InChI=1S/C35H34N4O8/c1-44-31(40)21-30(37-33(41)45-22-25-12-5-2-6-13-25)28-18-11-19-29(20-28)39(35(43)47-24-27-16-9-4-10-17-27)32(36)38-34(42)46-23-26-14-7-3-8-15-26/h2-20,30H,21-24H2,1H3,(H,37,41)(H2,36,38,42). The van der Waals surface area contributed by atoms with Crippen molar-refractivity contribution < 1.29 is 38.1 Å². The summed E-state index contributed by atoms with van der Waals surface area (Å²) >= 11 is 0. The minimum absolute atomic E-state index is 0.00188. The SMILES string of the molecule is COC(=O)CC(NC(=O)OCc1ccccc1)c1cccc(N(C(=N)NC(=O)OCc2ccccc2)C(=O)OCc2ccccc2)c1. The number of carbonyl (C=O) groups excluding carboxylic acids is 4. The summed E-state index contributed by atoms with van der Waals surface area (Å²) < 4.78 is 20.9. The largest absolute Gasteiger partial charge is 0.469 e. The monoisotopic (exact) mass is 638 g/mol. The van der Waals surface area contributed by atoms with E-state index >= 15 is 0 Å². The molecule has 0 saturated heterocycles. The van der Waals surface area contributed by atoms with Crippen LogP contribution in [0.15, 0.2) is 115 Å². The van der Waals surface area contributed by atoms with E-state index < -0.39 is 36.3 Å². The van der Waals surface area contributed by atoms with Crippen LogP contribution in [0.3, 0.4) is 0 Å². The molecule has 0 aliphatic heterocycles. The second kappa shape index (κ2) is 17.4. The predicted octanol–water partition coefficient (Wildman–Crippen LogP) is 6.22. The van der Waals surface area contributed by atoms with Crippen molar-refractivity contribution in [2.75, 3.05) is 12.0 Å². The molecule has 242 valence electrons. The lowest BCUT2D eigenvalue weighted by Crippen LogP contribution is -2.47. The topological polar surface area (TPSA) is 156 Å². The Labute approximate surface area is 271 Å². The summed E-state index contributed by atoms with van der Waals surface area (Å²) in [5.74, 6) is -1.27. The highest BCUT2D eigenvalue weighted by atomic mass is 16.6. The van der Waals surface area contributed by atoms with Gasteiger partial charge in [0.2, 0.25) is 5.96 Å². The number of anilines is 1. The average molecular weight is 639 g/mol. The van der Waals surface area contributed by atoms with Crippen molar-refractivity contribution in [3.8, 4) is 0 Å². The number of ether oxygens (including phenoxy) is 4. The van der Waals surface area contributed by atoms with E-state index in [1.165, 1.54) is 19.2 Å². The van der Waals surface area contributed by atoms with Crippen LogP contribution >= 0.6 is 0 Å². The number of esters is 1. The summed E-state index contributed by atoms with van der Waals surface area (Å²) in [6.07, 6.45) is -3.00. The highest BCUT2D eigenvalue weighted by molar-refractivity contribution is 6.15. The zero-order valence-corrected chi connectivity index (χ0v) is 25.6. The van der Waals surface area contributed by atoms with Crippen molar-refractivity contribution in [2.45, 2.75) is 32.3 Å². The minimum Gasteiger partial charge on any atom is -0.469 e. The lowest BCUT2D eigenvalue weighted by molar-refractivity contribution is -0.141. The van der Waals surface area contributed by atoms with Gasteiger partial charge in [-0.25, -0.2) is 19.3 Å². The maximum atomic E-state index is 13.4. The fourth-order valence-corrected chi connectivity index (χ4v) is 4.31. The fourth-order valence-electron chi connectivity index (χ4n) is 4.31. The van der Waals surface area contributed by atoms with Crippen LogP contribution in [0.2, 0.25) is 0 Å². The number of methoxy groups -OCH3 is 1. The molecule has 3 N–H and O–H groups in total. The predicted molar refractivity (Wildman–Crippen MR) is 172 cm³/mol. The van der Waals surface area contributed by atoms with Gasteiger partial charge in [0.1, 0.15) is 19.8 Å². The zero-order valence-electron chi connectivity index (χ0n) is 25.6. The number of hydrogen-bond acceptors (Lipinski definition) is 9. The first kappa shape index (κ1) is 33.7. The molecule has 3 amide bonds. The first-order valence-corrected chi connectivity index (χ1v) is 14.5. The molecule has 0 spiro atoms. The Bertz CT molecular complexity index is 1650. The molecule has 12 heteroatoms. The number of amides is 3. The van der Waals surface area contributed by atoms with Gasteiger partial charge in [0.15, 0.2) is 0 Å². The van der Waals surface area contributed by atoms with Gasteiger partial charge >= 0.3 is 24.2 Å². The normalized spacial score (nSPS) is 10.9. The second-order valence-corrected chi connectivity index (χ2v) is 10.0. The van der Waals surface area contributed by atoms with Gasteiger partial charge < -0.3 is 24.3 Å². The van der Waals surface area contributed by atoms with Crippen LogP contribution in [0.1, 0.15) is 34.7 Å². The van der Waals surface area contributed by atoms with Crippen molar-refractivity contribution in [1.29, 1.82) is 5.41 Å².